The molecular weight excluding hydrogens is 329 g/mol. The van der Waals surface area contributed by atoms with Gasteiger partial charge in [0.25, 0.3) is 0 Å². The predicted molar refractivity (Wildman–Crippen MR) is 97.7 cm³/mol. The number of carbonyl (C=O) groups excluding carboxylic acids is 1. The first-order chi connectivity index (χ1) is 12.5. The lowest BCUT2D eigenvalue weighted by Crippen LogP contribution is -2.28. The number of carbonyl (C=O) groups is 1. The molecule has 2 heterocycles. The molecule has 0 saturated carbocycles. The van der Waals surface area contributed by atoms with Gasteiger partial charge in [0.15, 0.2) is 5.78 Å². The minimum Gasteiger partial charge on any atom is -0.423 e. The van der Waals surface area contributed by atoms with Crippen LogP contribution in [0.25, 0.3) is 5.69 Å². The molecule has 6 nitrogen and oxygen atoms in total. The van der Waals surface area contributed by atoms with E-state index in [-0.39, 0.29) is 18.3 Å². The average Bonchev–Trinajstić information content (AvgIpc) is 3.22. The van der Waals surface area contributed by atoms with Crippen LogP contribution in [0, 0.1) is 6.92 Å². The highest BCUT2D eigenvalue weighted by molar-refractivity contribution is 6.61. The lowest BCUT2D eigenvalue weighted by atomic mass is 9.78. The summed E-state index contributed by atoms with van der Waals surface area (Å²) < 4.78 is 6.97. The second-order valence-corrected chi connectivity index (χ2v) is 6.58. The summed E-state index contributed by atoms with van der Waals surface area (Å²) in [5.41, 5.74) is 4.83. The Morgan fingerprint density at radius 2 is 2.04 bits per heavy atom. The van der Waals surface area contributed by atoms with Crippen molar-refractivity contribution in [3.05, 3.63) is 71.0 Å². The summed E-state index contributed by atoms with van der Waals surface area (Å²) in [6.45, 7) is 3.91. The largest absolute Gasteiger partial charge is 0.491 e. The molecule has 0 saturated heterocycles. The van der Waals surface area contributed by atoms with Gasteiger partial charge in [-0.05, 0) is 42.6 Å². The highest BCUT2D eigenvalue weighted by Crippen LogP contribution is 2.23. The van der Waals surface area contributed by atoms with Crippen LogP contribution in [0.15, 0.2) is 48.7 Å². The Balaban J connectivity index is 1.52. The molecule has 4 rings (SSSR count). The average molecular weight is 347 g/mol. The van der Waals surface area contributed by atoms with E-state index in [1.54, 1.807) is 10.9 Å². The number of hydrogen-bond acceptors (Lipinski definition) is 5. The molecule has 26 heavy (non-hydrogen) atoms. The molecule has 1 N–H and O–H groups in total. The van der Waals surface area contributed by atoms with Gasteiger partial charge in [-0.25, -0.2) is 4.68 Å². The molecule has 1 aliphatic rings. The number of Topliss-reactive ketones (excluding diaryl/α,β-unsaturated/α-hetero) is 1. The lowest BCUT2D eigenvalue weighted by Gasteiger charge is -2.05. The minimum absolute atomic E-state index is 0.121. The number of fused-ring (bicyclic) bond motifs is 1. The van der Waals surface area contributed by atoms with Crippen molar-refractivity contribution in [2.75, 3.05) is 0 Å². The summed E-state index contributed by atoms with van der Waals surface area (Å²) in [7, 11) is -0.933. The number of hydrogen-bond donors (Lipinski definition) is 1. The smallest absolute Gasteiger partial charge is 0.423 e. The van der Waals surface area contributed by atoms with E-state index in [0.717, 1.165) is 27.8 Å². The van der Waals surface area contributed by atoms with Crippen molar-refractivity contribution in [1.29, 1.82) is 0 Å². The van der Waals surface area contributed by atoms with Crippen molar-refractivity contribution >= 4 is 18.4 Å². The number of nitrogens with zero attached hydrogens (tertiary/aromatic N) is 3. The number of aromatic nitrogens is 3. The molecule has 1 atom stereocenters. The van der Waals surface area contributed by atoms with Crippen LogP contribution in [0.3, 0.4) is 0 Å². The zero-order valence-electron chi connectivity index (χ0n) is 14.6. The van der Waals surface area contributed by atoms with Gasteiger partial charge in [0, 0.05) is 6.42 Å². The second-order valence-electron chi connectivity index (χ2n) is 6.58. The van der Waals surface area contributed by atoms with Gasteiger partial charge in [-0.1, -0.05) is 41.1 Å². The third-order valence-electron chi connectivity index (χ3n) is 4.63. The summed E-state index contributed by atoms with van der Waals surface area (Å²) in [5.74, 6) is -0.121. The topological polar surface area (TPSA) is 77.2 Å². The first-order valence-electron chi connectivity index (χ1n) is 8.50. The SMILES string of the molecule is Cc1ccc(-n2cc(C(=O)Cc3ccc4c(c3)B(O)OC4C)nn2)cc1. The fourth-order valence-corrected chi connectivity index (χ4v) is 3.15. The fraction of sp³-hybridized carbons (Fsp3) is 0.211. The van der Waals surface area contributed by atoms with Crippen molar-refractivity contribution in [3.8, 4) is 5.69 Å². The van der Waals surface area contributed by atoms with Crippen LogP contribution in [-0.2, 0) is 11.1 Å². The van der Waals surface area contributed by atoms with Gasteiger partial charge in [-0.2, -0.15) is 0 Å². The van der Waals surface area contributed by atoms with Crippen molar-refractivity contribution < 1.29 is 14.5 Å². The number of rotatable bonds is 4. The van der Waals surface area contributed by atoms with Gasteiger partial charge >= 0.3 is 7.12 Å². The van der Waals surface area contributed by atoms with Gasteiger partial charge in [0.1, 0.15) is 5.69 Å². The molecule has 130 valence electrons. The van der Waals surface area contributed by atoms with E-state index in [1.165, 1.54) is 0 Å². The van der Waals surface area contributed by atoms with E-state index < -0.39 is 7.12 Å². The predicted octanol–water partition coefficient (Wildman–Crippen LogP) is 1.78. The maximum atomic E-state index is 12.5. The van der Waals surface area contributed by atoms with Gasteiger partial charge in [0.2, 0.25) is 0 Å². The van der Waals surface area contributed by atoms with Gasteiger partial charge in [0.05, 0.1) is 18.0 Å². The minimum atomic E-state index is -0.933. The van der Waals surface area contributed by atoms with Crippen LogP contribution in [-0.4, -0.2) is 32.9 Å². The van der Waals surface area contributed by atoms with Crippen LogP contribution in [0.2, 0.25) is 0 Å². The maximum absolute atomic E-state index is 12.5. The molecular formula is C19H18BN3O3. The molecule has 0 spiro atoms. The van der Waals surface area contributed by atoms with Crippen LogP contribution in [0.4, 0.5) is 0 Å². The normalized spacial score (nSPS) is 16.0. The second kappa shape index (κ2) is 6.51. The van der Waals surface area contributed by atoms with E-state index in [9.17, 15) is 9.82 Å². The molecule has 0 radical (unpaired) electrons. The zero-order chi connectivity index (χ0) is 18.3. The molecule has 1 aromatic heterocycles. The highest BCUT2D eigenvalue weighted by Gasteiger charge is 2.32. The number of benzene rings is 2. The molecule has 0 fully saturated rings. The third-order valence-corrected chi connectivity index (χ3v) is 4.63. The van der Waals surface area contributed by atoms with Crippen LogP contribution in [0.1, 0.15) is 40.2 Å². The summed E-state index contributed by atoms with van der Waals surface area (Å²) in [5, 5.41) is 18.0. The third kappa shape index (κ3) is 3.07. The Morgan fingerprint density at radius 1 is 1.27 bits per heavy atom. The molecule has 0 amide bonds. The Hall–Kier alpha value is -2.77. The Bertz CT molecular complexity index is 968. The van der Waals surface area contributed by atoms with Crippen molar-refractivity contribution in [3.63, 3.8) is 0 Å². The molecule has 0 bridgehead atoms. The van der Waals surface area contributed by atoms with Gasteiger partial charge < -0.3 is 9.68 Å². The number of ketones is 1. The van der Waals surface area contributed by atoms with E-state index in [1.807, 2.05) is 56.3 Å². The van der Waals surface area contributed by atoms with E-state index in [2.05, 4.69) is 10.3 Å². The first-order valence-corrected chi connectivity index (χ1v) is 8.50. The monoisotopic (exact) mass is 347 g/mol. The summed E-state index contributed by atoms with van der Waals surface area (Å²) in [4.78, 5) is 12.5. The van der Waals surface area contributed by atoms with Crippen molar-refractivity contribution in [2.24, 2.45) is 0 Å². The standard InChI is InChI=1S/C19H18BN3O3/c1-12-3-6-15(7-4-12)23-11-18(21-22-23)19(24)10-14-5-8-16-13(2)26-20(25)17(16)9-14/h3-9,11,13,25H,10H2,1-2H3. The van der Waals surface area contributed by atoms with Gasteiger partial charge in [-0.15, -0.1) is 5.10 Å². The van der Waals surface area contributed by atoms with Crippen LogP contribution < -0.4 is 5.46 Å². The Kier molecular flexibility index (Phi) is 4.18. The summed E-state index contributed by atoms with van der Waals surface area (Å²) in [6, 6.07) is 13.4. The highest BCUT2D eigenvalue weighted by atomic mass is 16.5. The Labute approximate surface area is 151 Å². The quantitative estimate of drug-likeness (QED) is 0.575. The molecule has 7 heteroatoms. The van der Waals surface area contributed by atoms with E-state index in [4.69, 9.17) is 4.65 Å². The first kappa shape index (κ1) is 16.7. The van der Waals surface area contributed by atoms with Crippen LogP contribution >= 0.6 is 0 Å². The molecule has 1 aliphatic heterocycles. The van der Waals surface area contributed by atoms with Crippen molar-refractivity contribution in [1.82, 2.24) is 15.0 Å². The lowest BCUT2D eigenvalue weighted by molar-refractivity contribution is 0.0988. The molecule has 0 aliphatic carbocycles. The van der Waals surface area contributed by atoms with E-state index >= 15 is 0 Å². The molecule has 1 unspecified atom stereocenters. The number of aryl methyl sites for hydroxylation is 1. The molecule has 3 aromatic rings. The summed E-state index contributed by atoms with van der Waals surface area (Å²) >= 11 is 0. The van der Waals surface area contributed by atoms with Gasteiger partial charge in [-0.3, -0.25) is 4.79 Å². The fourth-order valence-electron chi connectivity index (χ4n) is 3.15. The zero-order valence-corrected chi connectivity index (χ0v) is 14.6. The van der Waals surface area contributed by atoms with Crippen LogP contribution in [0.5, 0.6) is 0 Å². The maximum Gasteiger partial charge on any atom is 0.491 e. The van der Waals surface area contributed by atoms with E-state index in [0.29, 0.717) is 5.69 Å². The molecule has 2 aromatic carbocycles. The summed E-state index contributed by atoms with van der Waals surface area (Å²) in [6.07, 6.45) is 1.70. The Morgan fingerprint density at radius 3 is 2.81 bits per heavy atom. The van der Waals surface area contributed by atoms with Crippen molar-refractivity contribution in [2.45, 2.75) is 26.4 Å².